The van der Waals surface area contributed by atoms with Gasteiger partial charge in [0, 0.05) is 24.3 Å². The molecule has 0 aliphatic carbocycles. The van der Waals surface area contributed by atoms with E-state index in [-0.39, 0.29) is 5.91 Å². The molecule has 1 aromatic heterocycles. The van der Waals surface area contributed by atoms with Crippen molar-refractivity contribution in [2.75, 3.05) is 43.6 Å². The number of esters is 1. The van der Waals surface area contributed by atoms with Crippen LogP contribution in [0.25, 0.3) is 11.1 Å². The van der Waals surface area contributed by atoms with Gasteiger partial charge >= 0.3 is 5.97 Å². The van der Waals surface area contributed by atoms with Crippen LogP contribution >= 0.6 is 11.3 Å². The Kier molecular flexibility index (Phi) is 6.11. The minimum Gasteiger partial charge on any atom is -0.465 e. The molecule has 0 spiro atoms. The van der Waals surface area contributed by atoms with Crippen LogP contribution in [0.3, 0.4) is 0 Å². The van der Waals surface area contributed by atoms with Crippen LogP contribution in [0.4, 0.5) is 10.7 Å². The molecule has 0 atom stereocenters. The molecule has 1 saturated heterocycles. The fourth-order valence-electron chi connectivity index (χ4n) is 3.35. The monoisotopic (exact) mass is 422 g/mol. The Morgan fingerprint density at radius 1 is 1.03 bits per heavy atom. The van der Waals surface area contributed by atoms with Gasteiger partial charge in [0.15, 0.2) is 0 Å². The average Bonchev–Trinajstić information content (AvgIpc) is 3.26. The molecule has 0 bridgehead atoms. The minimum atomic E-state index is -0.441. The van der Waals surface area contributed by atoms with Crippen LogP contribution < -0.4 is 10.2 Å². The highest BCUT2D eigenvalue weighted by atomic mass is 32.1. The van der Waals surface area contributed by atoms with Crippen molar-refractivity contribution in [3.8, 4) is 11.1 Å². The molecule has 7 heteroatoms. The number of carbonyl (C=O) groups excluding carboxylic acids is 2. The summed E-state index contributed by atoms with van der Waals surface area (Å²) < 4.78 is 10.2. The molecule has 0 radical (unpaired) electrons. The van der Waals surface area contributed by atoms with E-state index in [4.69, 9.17) is 9.47 Å². The second-order valence-electron chi connectivity index (χ2n) is 6.82. The van der Waals surface area contributed by atoms with Crippen LogP contribution in [0.2, 0.25) is 0 Å². The molecule has 30 heavy (non-hydrogen) atoms. The molecule has 0 unspecified atom stereocenters. The molecular weight excluding hydrogens is 400 g/mol. The zero-order chi connectivity index (χ0) is 20.9. The summed E-state index contributed by atoms with van der Waals surface area (Å²) in [5.74, 6) is -0.651. The average molecular weight is 423 g/mol. The van der Waals surface area contributed by atoms with E-state index in [1.54, 1.807) is 24.3 Å². The molecule has 0 saturated carbocycles. The number of ether oxygens (including phenoxy) is 2. The quantitative estimate of drug-likeness (QED) is 0.621. The van der Waals surface area contributed by atoms with E-state index in [1.807, 2.05) is 36.4 Å². The van der Waals surface area contributed by atoms with Crippen LogP contribution in [-0.2, 0) is 9.47 Å². The normalized spacial score (nSPS) is 13.7. The van der Waals surface area contributed by atoms with Crippen molar-refractivity contribution in [1.29, 1.82) is 0 Å². The number of hydrogen-bond acceptors (Lipinski definition) is 6. The van der Waals surface area contributed by atoms with Crippen molar-refractivity contribution in [2.45, 2.75) is 0 Å². The highest BCUT2D eigenvalue weighted by Crippen LogP contribution is 2.39. The Labute approximate surface area is 179 Å². The van der Waals surface area contributed by atoms with E-state index in [0.717, 1.165) is 29.2 Å². The van der Waals surface area contributed by atoms with Gasteiger partial charge in [-0.3, -0.25) is 4.79 Å². The number of benzene rings is 2. The molecule has 1 aliphatic rings. The summed E-state index contributed by atoms with van der Waals surface area (Å²) in [5, 5.41) is 3.96. The van der Waals surface area contributed by atoms with E-state index in [2.05, 4.69) is 10.2 Å². The van der Waals surface area contributed by atoms with Crippen LogP contribution in [0.1, 0.15) is 20.0 Å². The highest BCUT2D eigenvalue weighted by Gasteiger charge is 2.22. The Bertz CT molecular complexity index is 1040. The topological polar surface area (TPSA) is 67.9 Å². The Morgan fingerprint density at radius 3 is 2.53 bits per heavy atom. The van der Waals surface area contributed by atoms with Gasteiger partial charge in [-0.1, -0.05) is 36.4 Å². The maximum atomic E-state index is 13.0. The smallest absolute Gasteiger partial charge is 0.337 e. The molecule has 1 aliphatic heterocycles. The maximum Gasteiger partial charge on any atom is 0.337 e. The lowest BCUT2D eigenvalue weighted by Gasteiger charge is -2.28. The molecule has 4 rings (SSSR count). The van der Waals surface area contributed by atoms with Crippen LogP contribution in [0, 0.1) is 0 Å². The van der Waals surface area contributed by atoms with Gasteiger partial charge in [-0.25, -0.2) is 4.79 Å². The van der Waals surface area contributed by atoms with Crippen molar-refractivity contribution < 1.29 is 19.1 Å². The van der Waals surface area contributed by atoms with E-state index in [9.17, 15) is 9.59 Å². The Balaban J connectivity index is 1.63. The summed E-state index contributed by atoms with van der Waals surface area (Å²) in [6.45, 7) is 2.94. The van der Waals surface area contributed by atoms with Gasteiger partial charge in [-0.05, 0) is 29.8 Å². The molecular formula is C23H22N2O4S. The summed E-state index contributed by atoms with van der Waals surface area (Å²) >= 11 is 1.47. The predicted octanol–water partition coefficient (Wildman–Crippen LogP) is 4.29. The van der Waals surface area contributed by atoms with E-state index in [1.165, 1.54) is 18.4 Å². The second-order valence-corrected chi connectivity index (χ2v) is 7.85. The fourth-order valence-corrected chi connectivity index (χ4v) is 4.48. The molecule has 1 amide bonds. The number of methoxy groups -OCH3 is 1. The van der Waals surface area contributed by atoms with Gasteiger partial charge in [0.2, 0.25) is 0 Å². The zero-order valence-corrected chi connectivity index (χ0v) is 17.4. The van der Waals surface area contributed by atoms with Gasteiger partial charge in [-0.2, -0.15) is 0 Å². The number of anilines is 2. The van der Waals surface area contributed by atoms with Gasteiger partial charge in [0.1, 0.15) is 0 Å². The molecule has 2 heterocycles. The number of rotatable bonds is 5. The number of thiophene rings is 1. The van der Waals surface area contributed by atoms with E-state index >= 15 is 0 Å². The standard InChI is InChI=1S/C23H22N2O4S/c1-28-23(27)17-8-5-9-18(14-17)24-21(26)20-15-19(16-6-3-2-4-7-16)22(30-20)25-10-12-29-13-11-25/h2-9,14-15H,10-13H2,1H3,(H,24,26). The molecule has 6 nitrogen and oxygen atoms in total. The Morgan fingerprint density at radius 2 is 1.80 bits per heavy atom. The van der Waals surface area contributed by atoms with Crippen molar-refractivity contribution in [3.63, 3.8) is 0 Å². The third-order valence-corrected chi connectivity index (χ3v) is 6.06. The predicted molar refractivity (Wildman–Crippen MR) is 119 cm³/mol. The van der Waals surface area contributed by atoms with E-state index < -0.39 is 5.97 Å². The van der Waals surface area contributed by atoms with E-state index in [0.29, 0.717) is 29.3 Å². The van der Waals surface area contributed by atoms with Crippen molar-refractivity contribution in [1.82, 2.24) is 0 Å². The molecule has 1 N–H and O–H groups in total. The van der Waals surface area contributed by atoms with Crippen LogP contribution in [0.5, 0.6) is 0 Å². The second kappa shape index (κ2) is 9.11. The number of amides is 1. The lowest BCUT2D eigenvalue weighted by atomic mass is 10.1. The summed E-state index contributed by atoms with van der Waals surface area (Å²) in [5.41, 5.74) is 3.05. The third kappa shape index (κ3) is 4.37. The number of hydrogen-bond donors (Lipinski definition) is 1. The first kappa shape index (κ1) is 20.1. The van der Waals surface area contributed by atoms with Gasteiger partial charge in [-0.15, -0.1) is 11.3 Å². The molecule has 3 aromatic rings. The van der Waals surface area contributed by atoms with Crippen molar-refractivity contribution in [3.05, 3.63) is 71.1 Å². The summed E-state index contributed by atoms with van der Waals surface area (Å²) in [6.07, 6.45) is 0. The van der Waals surface area contributed by atoms with Crippen molar-refractivity contribution in [2.24, 2.45) is 0 Å². The molecule has 154 valence electrons. The first-order valence-corrected chi connectivity index (χ1v) is 10.5. The van der Waals surface area contributed by atoms with Crippen molar-refractivity contribution >= 4 is 33.9 Å². The first-order valence-electron chi connectivity index (χ1n) is 9.67. The SMILES string of the molecule is COC(=O)c1cccc(NC(=O)c2cc(-c3ccccc3)c(N3CCOCC3)s2)c1. The molecule has 2 aromatic carbocycles. The fraction of sp³-hybridized carbons (Fsp3) is 0.217. The van der Waals surface area contributed by atoms with Gasteiger partial charge in [0.25, 0.3) is 5.91 Å². The maximum absolute atomic E-state index is 13.0. The first-order chi connectivity index (χ1) is 14.7. The summed E-state index contributed by atoms with van der Waals surface area (Å²) in [4.78, 5) is 27.6. The third-order valence-electron chi connectivity index (χ3n) is 4.86. The van der Waals surface area contributed by atoms with Crippen LogP contribution in [0.15, 0.2) is 60.7 Å². The Hall–Kier alpha value is -3.16. The largest absolute Gasteiger partial charge is 0.465 e. The lowest BCUT2D eigenvalue weighted by Crippen LogP contribution is -2.35. The number of morpholine rings is 1. The van der Waals surface area contributed by atoms with Gasteiger partial charge < -0.3 is 19.7 Å². The number of nitrogens with zero attached hydrogens (tertiary/aromatic N) is 1. The zero-order valence-electron chi connectivity index (χ0n) is 16.6. The minimum absolute atomic E-state index is 0.210. The summed E-state index contributed by atoms with van der Waals surface area (Å²) in [6, 6.07) is 18.7. The highest BCUT2D eigenvalue weighted by molar-refractivity contribution is 7.18. The molecule has 1 fully saturated rings. The lowest BCUT2D eigenvalue weighted by molar-refractivity contribution is 0.0600. The van der Waals surface area contributed by atoms with Crippen LogP contribution in [-0.4, -0.2) is 45.3 Å². The summed E-state index contributed by atoms with van der Waals surface area (Å²) in [7, 11) is 1.33. The van der Waals surface area contributed by atoms with Gasteiger partial charge in [0.05, 0.1) is 35.8 Å². The number of carbonyl (C=O) groups is 2. The number of nitrogens with one attached hydrogen (secondary N) is 1.